The van der Waals surface area contributed by atoms with Gasteiger partial charge in [0.25, 0.3) is 0 Å². The van der Waals surface area contributed by atoms with Crippen molar-refractivity contribution in [2.24, 2.45) is 5.41 Å². The Bertz CT molecular complexity index is 563. The molecule has 10 heteroatoms. The van der Waals surface area contributed by atoms with E-state index in [9.17, 15) is 27.6 Å². The van der Waals surface area contributed by atoms with Crippen LogP contribution in [0.3, 0.4) is 0 Å². The van der Waals surface area contributed by atoms with E-state index in [0.717, 1.165) is 9.80 Å². The number of piperidine rings is 1. The Morgan fingerprint density at radius 2 is 1.92 bits per heavy atom. The van der Waals surface area contributed by atoms with Gasteiger partial charge >= 0.3 is 18.2 Å². The number of halogens is 3. The predicted molar refractivity (Wildman–Crippen MR) is 83.3 cm³/mol. The van der Waals surface area contributed by atoms with Crippen LogP contribution in [0.1, 0.15) is 39.0 Å². The highest BCUT2D eigenvalue weighted by atomic mass is 19.4. The molecule has 2 fully saturated rings. The number of carboxylic acid groups (broad SMARTS) is 1. The van der Waals surface area contributed by atoms with Crippen LogP contribution in [-0.2, 0) is 14.3 Å². The summed E-state index contributed by atoms with van der Waals surface area (Å²) in [6, 6.07) is -0.781. The largest absolute Gasteiger partial charge is 0.465 e. The Hall–Kier alpha value is -2.00. The van der Waals surface area contributed by atoms with Crippen molar-refractivity contribution in [3.63, 3.8) is 0 Å². The lowest BCUT2D eigenvalue weighted by Crippen LogP contribution is -2.61. The van der Waals surface area contributed by atoms with E-state index in [1.54, 1.807) is 6.92 Å². The number of amides is 2. The van der Waals surface area contributed by atoms with Gasteiger partial charge in [-0.2, -0.15) is 13.2 Å². The van der Waals surface area contributed by atoms with Crippen LogP contribution in [0, 0.1) is 5.41 Å². The second-order valence-corrected chi connectivity index (χ2v) is 6.70. The summed E-state index contributed by atoms with van der Waals surface area (Å²) in [5.74, 6) is -1.95. The van der Waals surface area contributed by atoms with Gasteiger partial charge in [0.1, 0.15) is 12.0 Å². The molecule has 1 atom stereocenters. The Kier molecular flexibility index (Phi) is 6.02. The average Bonchev–Trinajstić information content (AvgIpc) is 2.50. The maximum absolute atomic E-state index is 13.6. The predicted octanol–water partition coefficient (Wildman–Crippen LogP) is 2.25. The molecule has 1 N–H and O–H groups in total. The summed E-state index contributed by atoms with van der Waals surface area (Å²) in [5, 5.41) is 9.14. The summed E-state index contributed by atoms with van der Waals surface area (Å²) in [4.78, 5) is 37.8. The lowest BCUT2D eigenvalue weighted by atomic mass is 9.67. The van der Waals surface area contributed by atoms with Gasteiger partial charge in [0.05, 0.1) is 12.6 Å². The summed E-state index contributed by atoms with van der Waals surface area (Å²) in [7, 11) is 0. The molecule has 1 aliphatic carbocycles. The quantitative estimate of drug-likeness (QED) is 0.740. The first-order chi connectivity index (χ1) is 12.1. The van der Waals surface area contributed by atoms with E-state index >= 15 is 0 Å². The van der Waals surface area contributed by atoms with Gasteiger partial charge in [-0.25, -0.2) is 4.79 Å². The second kappa shape index (κ2) is 7.71. The molecule has 2 amide bonds. The van der Waals surface area contributed by atoms with Crippen LogP contribution in [0.5, 0.6) is 0 Å². The van der Waals surface area contributed by atoms with Crippen molar-refractivity contribution in [1.29, 1.82) is 0 Å². The van der Waals surface area contributed by atoms with Crippen LogP contribution in [0.2, 0.25) is 0 Å². The third-order valence-corrected chi connectivity index (χ3v) is 5.13. The highest BCUT2D eigenvalue weighted by Gasteiger charge is 2.65. The number of carbonyl (C=O) groups is 3. The summed E-state index contributed by atoms with van der Waals surface area (Å²) in [5.41, 5.74) is -2.48. The van der Waals surface area contributed by atoms with Crippen molar-refractivity contribution in [3.8, 4) is 0 Å². The summed E-state index contributed by atoms with van der Waals surface area (Å²) in [6.07, 6.45) is -5.52. The zero-order chi connectivity index (χ0) is 19.5. The molecule has 2 aliphatic rings. The maximum Gasteiger partial charge on any atom is 0.407 e. The van der Waals surface area contributed by atoms with Crippen molar-refractivity contribution in [2.75, 3.05) is 26.2 Å². The van der Waals surface area contributed by atoms with Crippen molar-refractivity contribution in [2.45, 2.75) is 51.2 Å². The second-order valence-electron chi connectivity index (χ2n) is 6.70. The van der Waals surface area contributed by atoms with Gasteiger partial charge in [-0.05, 0) is 32.6 Å². The fourth-order valence-corrected chi connectivity index (χ4v) is 3.52. The van der Waals surface area contributed by atoms with Crippen LogP contribution in [-0.4, -0.2) is 71.3 Å². The highest BCUT2D eigenvalue weighted by molar-refractivity contribution is 5.88. The first-order valence-corrected chi connectivity index (χ1v) is 8.63. The third-order valence-electron chi connectivity index (χ3n) is 5.13. The molecule has 0 spiro atoms. The van der Waals surface area contributed by atoms with E-state index in [-0.39, 0.29) is 39.0 Å². The fraction of sp³-hybridized carbons (Fsp3) is 0.812. The molecule has 0 bridgehead atoms. The number of hydrogen-bond acceptors (Lipinski definition) is 4. The fourth-order valence-electron chi connectivity index (χ4n) is 3.52. The van der Waals surface area contributed by atoms with Crippen molar-refractivity contribution >= 4 is 18.0 Å². The number of hydrogen-bond donors (Lipinski definition) is 1. The van der Waals surface area contributed by atoms with Crippen LogP contribution < -0.4 is 0 Å². The normalized spacial score (nSPS) is 22.3. The minimum Gasteiger partial charge on any atom is -0.465 e. The number of likely N-dealkylation sites (tertiary alicyclic amines) is 1. The van der Waals surface area contributed by atoms with Gasteiger partial charge < -0.3 is 19.6 Å². The average molecular weight is 380 g/mol. The van der Waals surface area contributed by atoms with Crippen molar-refractivity contribution in [3.05, 3.63) is 0 Å². The lowest BCUT2D eigenvalue weighted by Gasteiger charge is -2.47. The molecule has 1 saturated carbocycles. The lowest BCUT2D eigenvalue weighted by molar-refractivity contribution is -0.249. The molecule has 0 radical (unpaired) electrons. The topological polar surface area (TPSA) is 87.2 Å². The molecule has 1 unspecified atom stereocenters. The molecule has 1 aliphatic heterocycles. The molecule has 2 rings (SSSR count). The summed E-state index contributed by atoms with van der Waals surface area (Å²) >= 11 is 0. The van der Waals surface area contributed by atoms with E-state index in [0.29, 0.717) is 12.8 Å². The van der Waals surface area contributed by atoms with Crippen LogP contribution in [0.4, 0.5) is 18.0 Å². The van der Waals surface area contributed by atoms with Gasteiger partial charge in [0, 0.05) is 13.1 Å². The van der Waals surface area contributed by atoms with E-state index in [1.165, 1.54) is 0 Å². The molecule has 148 valence electrons. The number of alkyl halides is 3. The minimum atomic E-state index is -4.71. The standard InChI is InChI=1S/C16H23F3N2O5/c1-2-26-12(22)10-21(11-5-3-8-20(9-11)14(24)25)13(23)15(6-4-7-15)16(17,18)19/h11H,2-10H2,1H3,(H,24,25). The van der Waals surface area contributed by atoms with Gasteiger partial charge in [0.2, 0.25) is 5.91 Å². The summed E-state index contributed by atoms with van der Waals surface area (Å²) < 4.78 is 45.5. The summed E-state index contributed by atoms with van der Waals surface area (Å²) in [6.45, 7) is 1.12. The molecular formula is C16H23F3N2O5. The van der Waals surface area contributed by atoms with Crippen LogP contribution >= 0.6 is 0 Å². The Morgan fingerprint density at radius 1 is 1.27 bits per heavy atom. The Labute approximate surface area is 149 Å². The van der Waals surface area contributed by atoms with E-state index in [4.69, 9.17) is 9.84 Å². The molecule has 0 aromatic rings. The van der Waals surface area contributed by atoms with Gasteiger partial charge in [-0.3, -0.25) is 9.59 Å². The number of rotatable bonds is 5. The molecule has 26 heavy (non-hydrogen) atoms. The van der Waals surface area contributed by atoms with E-state index in [1.807, 2.05) is 0 Å². The van der Waals surface area contributed by atoms with Gasteiger partial charge in [-0.1, -0.05) is 6.42 Å². The maximum atomic E-state index is 13.6. The first kappa shape index (κ1) is 20.3. The molecular weight excluding hydrogens is 357 g/mol. The monoisotopic (exact) mass is 380 g/mol. The van der Waals surface area contributed by atoms with Crippen molar-refractivity contribution in [1.82, 2.24) is 9.80 Å². The minimum absolute atomic E-state index is 0.0389. The SMILES string of the molecule is CCOC(=O)CN(C(=O)C1(C(F)(F)F)CCC1)C1CCCN(C(=O)O)C1. The highest BCUT2D eigenvalue weighted by Crippen LogP contribution is 2.54. The molecule has 1 heterocycles. The number of esters is 1. The molecule has 0 aromatic heterocycles. The Morgan fingerprint density at radius 3 is 2.38 bits per heavy atom. The van der Waals surface area contributed by atoms with Gasteiger partial charge in [0.15, 0.2) is 0 Å². The van der Waals surface area contributed by atoms with E-state index < -0.39 is 42.1 Å². The van der Waals surface area contributed by atoms with Gasteiger partial charge in [-0.15, -0.1) is 0 Å². The van der Waals surface area contributed by atoms with E-state index in [2.05, 4.69) is 0 Å². The molecule has 1 saturated heterocycles. The number of carbonyl (C=O) groups excluding carboxylic acids is 2. The molecule has 0 aromatic carbocycles. The smallest absolute Gasteiger partial charge is 0.407 e. The third kappa shape index (κ3) is 3.88. The zero-order valence-electron chi connectivity index (χ0n) is 14.5. The number of ether oxygens (including phenoxy) is 1. The number of nitrogens with zero attached hydrogens (tertiary/aromatic N) is 2. The first-order valence-electron chi connectivity index (χ1n) is 8.63. The van der Waals surface area contributed by atoms with Crippen LogP contribution in [0.15, 0.2) is 0 Å². The van der Waals surface area contributed by atoms with Crippen LogP contribution in [0.25, 0.3) is 0 Å². The zero-order valence-corrected chi connectivity index (χ0v) is 14.5. The Balaban J connectivity index is 2.27. The van der Waals surface area contributed by atoms with Crippen molar-refractivity contribution < 1.29 is 37.4 Å². The molecule has 7 nitrogen and oxygen atoms in total.